The average Bonchev–Trinajstić information content (AvgIpc) is 2.77. The summed E-state index contributed by atoms with van der Waals surface area (Å²) in [5, 5.41) is 7.58. The zero-order valence-corrected chi connectivity index (χ0v) is 12.4. The molecule has 2 atom stereocenters. The van der Waals surface area contributed by atoms with Crippen molar-refractivity contribution in [1.29, 1.82) is 0 Å². The van der Waals surface area contributed by atoms with E-state index < -0.39 is 0 Å². The molecule has 0 aromatic carbocycles. The highest BCUT2D eigenvalue weighted by atomic mass is 35.5. The Kier molecular flexibility index (Phi) is 4.86. The molecular weight excluding hydrogens is 262 g/mol. The van der Waals surface area contributed by atoms with Crippen LogP contribution in [0.15, 0.2) is 6.07 Å². The number of nitrogens with one attached hydrogen (secondary N) is 1. The van der Waals surface area contributed by atoms with Crippen LogP contribution in [0.3, 0.4) is 0 Å². The van der Waals surface area contributed by atoms with Crippen molar-refractivity contribution in [2.75, 3.05) is 6.54 Å². The molecule has 1 aliphatic rings. The number of amides is 1. The predicted octanol–water partition coefficient (Wildman–Crippen LogP) is 2.51. The van der Waals surface area contributed by atoms with Gasteiger partial charge in [0.15, 0.2) is 0 Å². The first-order chi connectivity index (χ1) is 9.10. The van der Waals surface area contributed by atoms with Gasteiger partial charge in [0.2, 0.25) is 0 Å². The van der Waals surface area contributed by atoms with E-state index in [0.29, 0.717) is 18.2 Å². The lowest BCUT2D eigenvalue weighted by molar-refractivity contribution is 0.0934. The highest BCUT2D eigenvalue weighted by Gasteiger charge is 2.21. The second-order valence-electron chi connectivity index (χ2n) is 5.34. The van der Waals surface area contributed by atoms with E-state index in [0.717, 1.165) is 31.4 Å². The summed E-state index contributed by atoms with van der Waals surface area (Å²) in [7, 11) is 1.81. The summed E-state index contributed by atoms with van der Waals surface area (Å²) in [6, 6.07) is 1.86. The Balaban J connectivity index is 1.88. The summed E-state index contributed by atoms with van der Waals surface area (Å²) < 4.78 is 1.65. The number of carbonyl (C=O) groups excluding carboxylic acids is 1. The largest absolute Gasteiger partial charge is 0.350 e. The summed E-state index contributed by atoms with van der Waals surface area (Å²) >= 11 is 6.16. The SMILES string of the molecule is CCc1cc(C(=O)NCC2CCCC(Cl)C2)n(C)n1. The maximum atomic E-state index is 12.1. The lowest BCUT2D eigenvalue weighted by Crippen LogP contribution is -2.33. The van der Waals surface area contributed by atoms with E-state index in [1.54, 1.807) is 4.68 Å². The fourth-order valence-corrected chi connectivity index (χ4v) is 3.06. The molecule has 1 amide bonds. The van der Waals surface area contributed by atoms with E-state index in [9.17, 15) is 4.79 Å². The topological polar surface area (TPSA) is 46.9 Å². The van der Waals surface area contributed by atoms with E-state index >= 15 is 0 Å². The molecule has 1 saturated carbocycles. The molecule has 1 aromatic rings. The summed E-state index contributed by atoms with van der Waals surface area (Å²) in [6.07, 6.45) is 5.29. The first-order valence-corrected chi connectivity index (χ1v) is 7.49. The number of alkyl halides is 1. The van der Waals surface area contributed by atoms with Crippen LogP contribution in [0.25, 0.3) is 0 Å². The minimum atomic E-state index is -0.0357. The maximum Gasteiger partial charge on any atom is 0.269 e. The average molecular weight is 284 g/mol. The molecule has 0 spiro atoms. The second-order valence-corrected chi connectivity index (χ2v) is 5.96. The molecule has 2 unspecified atom stereocenters. The summed E-state index contributed by atoms with van der Waals surface area (Å²) in [5.41, 5.74) is 1.58. The molecule has 1 aromatic heterocycles. The number of rotatable bonds is 4. The lowest BCUT2D eigenvalue weighted by Gasteiger charge is -2.25. The molecule has 5 heteroatoms. The third-order valence-corrected chi connectivity index (χ3v) is 4.19. The van der Waals surface area contributed by atoms with Crippen molar-refractivity contribution in [3.8, 4) is 0 Å². The molecule has 0 bridgehead atoms. The zero-order valence-electron chi connectivity index (χ0n) is 11.7. The van der Waals surface area contributed by atoms with Gasteiger partial charge in [0.25, 0.3) is 5.91 Å². The number of carbonyl (C=O) groups is 1. The molecule has 2 rings (SSSR count). The van der Waals surface area contributed by atoms with E-state index in [1.807, 2.05) is 20.0 Å². The van der Waals surface area contributed by atoms with Crippen molar-refractivity contribution in [2.45, 2.75) is 44.4 Å². The highest BCUT2D eigenvalue weighted by Crippen LogP contribution is 2.27. The van der Waals surface area contributed by atoms with Gasteiger partial charge >= 0.3 is 0 Å². The molecule has 1 heterocycles. The van der Waals surface area contributed by atoms with Gasteiger partial charge in [0.05, 0.1) is 5.69 Å². The molecule has 0 saturated heterocycles. The third kappa shape index (κ3) is 3.72. The van der Waals surface area contributed by atoms with Gasteiger partial charge in [-0.1, -0.05) is 13.3 Å². The number of hydrogen-bond acceptors (Lipinski definition) is 2. The number of aryl methyl sites for hydroxylation is 2. The smallest absolute Gasteiger partial charge is 0.269 e. The fourth-order valence-electron chi connectivity index (χ4n) is 2.65. The minimum absolute atomic E-state index is 0.0357. The highest BCUT2D eigenvalue weighted by molar-refractivity contribution is 6.20. The zero-order chi connectivity index (χ0) is 13.8. The molecule has 1 N–H and O–H groups in total. The molecule has 1 fully saturated rings. The second kappa shape index (κ2) is 6.42. The Labute approximate surface area is 119 Å². The van der Waals surface area contributed by atoms with Gasteiger partial charge in [-0.3, -0.25) is 9.48 Å². The number of aromatic nitrogens is 2. The number of halogens is 1. The van der Waals surface area contributed by atoms with Crippen LogP contribution in [0, 0.1) is 5.92 Å². The first-order valence-electron chi connectivity index (χ1n) is 7.05. The van der Waals surface area contributed by atoms with Gasteiger partial charge in [-0.15, -0.1) is 11.6 Å². The molecule has 4 nitrogen and oxygen atoms in total. The van der Waals surface area contributed by atoms with Crippen LogP contribution in [0.5, 0.6) is 0 Å². The van der Waals surface area contributed by atoms with Gasteiger partial charge in [-0.25, -0.2) is 0 Å². The summed E-state index contributed by atoms with van der Waals surface area (Å²) in [5.74, 6) is 0.477. The van der Waals surface area contributed by atoms with Crippen LogP contribution in [0.1, 0.15) is 48.8 Å². The first kappa shape index (κ1) is 14.4. The molecular formula is C14H22ClN3O. The lowest BCUT2D eigenvalue weighted by atomic mass is 9.89. The van der Waals surface area contributed by atoms with E-state index in [4.69, 9.17) is 11.6 Å². The van der Waals surface area contributed by atoms with Crippen LogP contribution >= 0.6 is 11.6 Å². The monoisotopic (exact) mass is 283 g/mol. The van der Waals surface area contributed by atoms with Gasteiger partial charge < -0.3 is 5.32 Å². The quantitative estimate of drug-likeness (QED) is 0.863. The Bertz CT molecular complexity index is 444. The van der Waals surface area contributed by atoms with Crippen LogP contribution in [0.4, 0.5) is 0 Å². The van der Waals surface area contributed by atoms with Crippen molar-refractivity contribution in [2.24, 2.45) is 13.0 Å². The molecule has 0 aliphatic heterocycles. The third-order valence-electron chi connectivity index (χ3n) is 3.80. The predicted molar refractivity (Wildman–Crippen MR) is 76.5 cm³/mol. The maximum absolute atomic E-state index is 12.1. The number of nitrogens with zero attached hydrogens (tertiary/aromatic N) is 2. The number of hydrogen-bond donors (Lipinski definition) is 1. The van der Waals surface area contributed by atoms with Crippen molar-refractivity contribution < 1.29 is 4.79 Å². The van der Waals surface area contributed by atoms with Gasteiger partial charge in [-0.05, 0) is 37.7 Å². The van der Waals surface area contributed by atoms with Gasteiger partial charge in [0, 0.05) is 19.0 Å². The van der Waals surface area contributed by atoms with Crippen molar-refractivity contribution in [1.82, 2.24) is 15.1 Å². The molecule has 1 aliphatic carbocycles. The Morgan fingerprint density at radius 2 is 2.37 bits per heavy atom. The standard InChI is InChI=1S/C14H22ClN3O/c1-3-12-8-13(18(2)17-12)14(19)16-9-10-5-4-6-11(15)7-10/h8,10-11H,3-7,9H2,1-2H3,(H,16,19). The van der Waals surface area contributed by atoms with Crippen molar-refractivity contribution >= 4 is 17.5 Å². The van der Waals surface area contributed by atoms with Crippen molar-refractivity contribution in [3.05, 3.63) is 17.5 Å². The Hall–Kier alpha value is -1.03. The van der Waals surface area contributed by atoms with Crippen molar-refractivity contribution in [3.63, 3.8) is 0 Å². The van der Waals surface area contributed by atoms with E-state index in [-0.39, 0.29) is 11.3 Å². The Morgan fingerprint density at radius 1 is 1.58 bits per heavy atom. The molecule has 106 valence electrons. The fraction of sp³-hybridized carbons (Fsp3) is 0.714. The van der Waals surface area contributed by atoms with E-state index in [1.165, 1.54) is 6.42 Å². The molecule has 0 radical (unpaired) electrons. The minimum Gasteiger partial charge on any atom is -0.350 e. The Morgan fingerprint density at radius 3 is 3.00 bits per heavy atom. The van der Waals surface area contributed by atoms with Crippen LogP contribution < -0.4 is 5.32 Å². The normalized spacial score (nSPS) is 23.3. The summed E-state index contributed by atoms with van der Waals surface area (Å²) in [6.45, 7) is 2.75. The van der Waals surface area contributed by atoms with Gasteiger partial charge in [0.1, 0.15) is 5.69 Å². The molecule has 19 heavy (non-hydrogen) atoms. The summed E-state index contributed by atoms with van der Waals surface area (Å²) in [4.78, 5) is 12.1. The van der Waals surface area contributed by atoms with Crippen LogP contribution in [-0.2, 0) is 13.5 Å². The van der Waals surface area contributed by atoms with Crippen LogP contribution in [-0.4, -0.2) is 27.6 Å². The van der Waals surface area contributed by atoms with Gasteiger partial charge in [-0.2, -0.15) is 5.10 Å². The van der Waals surface area contributed by atoms with E-state index in [2.05, 4.69) is 10.4 Å². The van der Waals surface area contributed by atoms with Crippen LogP contribution in [0.2, 0.25) is 0 Å².